The Labute approximate surface area is 154 Å². The predicted octanol–water partition coefficient (Wildman–Crippen LogP) is 3.28. The van der Waals surface area contributed by atoms with Gasteiger partial charge in [-0.05, 0) is 36.6 Å². The predicted molar refractivity (Wildman–Crippen MR) is 90.6 cm³/mol. The zero-order valence-corrected chi connectivity index (χ0v) is 16.1. The van der Waals surface area contributed by atoms with Crippen LogP contribution >= 0.6 is 33.9 Å². The molecule has 0 N–H and O–H groups in total. The van der Waals surface area contributed by atoms with Gasteiger partial charge >= 0.3 is 0 Å². The van der Waals surface area contributed by atoms with Gasteiger partial charge in [0.15, 0.2) is 0 Å². The maximum atomic E-state index is 12.3. The number of unbranched alkanes of at least 4 members (excludes halogenated alkanes) is 2. The Balaban J connectivity index is 2.93. The molecule has 0 aliphatic carbocycles. The molecule has 0 atom stereocenters. The van der Waals surface area contributed by atoms with Crippen LogP contribution in [0.25, 0.3) is 0 Å². The van der Waals surface area contributed by atoms with Gasteiger partial charge in [-0.1, -0.05) is 24.1 Å². The Hall–Kier alpha value is -0.670. The molecule has 1 aromatic rings. The maximum absolute atomic E-state index is 12.3. The van der Waals surface area contributed by atoms with E-state index in [0.29, 0.717) is 12.8 Å². The van der Waals surface area contributed by atoms with Crippen LogP contribution in [0.2, 0.25) is 5.02 Å². The minimum atomic E-state index is -4.44. The molecular weight excluding hydrogens is 423 g/mol. The highest BCUT2D eigenvalue weighted by Gasteiger charge is 2.29. The molecule has 0 spiro atoms. The molecule has 11 heteroatoms. The first-order valence-electron chi connectivity index (χ1n) is 6.67. The van der Waals surface area contributed by atoms with Gasteiger partial charge in [0.2, 0.25) is 15.1 Å². The number of carbonyl (C=O) groups excluding carboxylic acids is 2. The molecular formula is C13H13Cl3O6S2. The Kier molecular flexibility index (Phi) is 7.68. The van der Waals surface area contributed by atoms with E-state index in [2.05, 4.69) is 0 Å². The van der Waals surface area contributed by atoms with Gasteiger partial charge in [-0.15, -0.1) is 0 Å². The molecule has 0 aliphatic heterocycles. The molecule has 0 unspecified atom stereocenters. The Morgan fingerprint density at radius 2 is 1.46 bits per heavy atom. The van der Waals surface area contributed by atoms with E-state index in [9.17, 15) is 26.4 Å². The minimum Gasteiger partial charge on any atom is -0.281 e. The lowest BCUT2D eigenvalue weighted by Gasteiger charge is -2.08. The SMILES string of the molecule is O=C(Cl)CCCCCC(=O)S(=O)(=O)c1cccc(S(=O)(=O)Cl)c1Cl. The third kappa shape index (κ3) is 5.70. The molecule has 1 rings (SSSR count). The average Bonchev–Trinajstić information content (AvgIpc) is 2.45. The van der Waals surface area contributed by atoms with E-state index in [1.165, 1.54) is 0 Å². The summed E-state index contributed by atoms with van der Waals surface area (Å²) in [5, 5.41) is -2.21. The quantitative estimate of drug-likeness (QED) is 0.458. The molecule has 0 radical (unpaired) electrons. The topological polar surface area (TPSA) is 102 Å². The molecule has 24 heavy (non-hydrogen) atoms. The molecule has 0 bridgehead atoms. The lowest BCUT2D eigenvalue weighted by atomic mass is 10.2. The van der Waals surface area contributed by atoms with Crippen LogP contribution in [0.5, 0.6) is 0 Å². The highest BCUT2D eigenvalue weighted by Crippen LogP contribution is 2.32. The van der Waals surface area contributed by atoms with Crippen molar-refractivity contribution in [3.05, 3.63) is 23.2 Å². The Morgan fingerprint density at radius 1 is 0.917 bits per heavy atom. The lowest BCUT2D eigenvalue weighted by molar-refractivity contribution is -0.112. The fourth-order valence-corrected chi connectivity index (χ4v) is 5.12. The van der Waals surface area contributed by atoms with Crippen LogP contribution in [0.3, 0.4) is 0 Å². The third-order valence-electron chi connectivity index (χ3n) is 3.03. The van der Waals surface area contributed by atoms with Crippen molar-refractivity contribution in [3.8, 4) is 0 Å². The highest BCUT2D eigenvalue weighted by atomic mass is 35.7. The van der Waals surface area contributed by atoms with E-state index in [-0.39, 0.29) is 19.3 Å². The lowest BCUT2D eigenvalue weighted by Crippen LogP contribution is -2.16. The molecule has 0 aromatic heterocycles. The largest absolute Gasteiger partial charge is 0.281 e. The molecule has 0 heterocycles. The van der Waals surface area contributed by atoms with E-state index in [1.807, 2.05) is 0 Å². The van der Waals surface area contributed by atoms with Crippen molar-refractivity contribution in [2.45, 2.75) is 41.9 Å². The number of halogens is 3. The first kappa shape index (κ1) is 21.4. The van der Waals surface area contributed by atoms with Gasteiger partial charge in [0.05, 0.1) is 9.92 Å². The average molecular weight is 436 g/mol. The zero-order valence-electron chi connectivity index (χ0n) is 12.2. The van der Waals surface area contributed by atoms with E-state index >= 15 is 0 Å². The molecule has 1 aromatic carbocycles. The number of rotatable bonds is 8. The summed E-state index contributed by atoms with van der Waals surface area (Å²) in [4.78, 5) is 21.3. The smallest absolute Gasteiger partial charge is 0.262 e. The van der Waals surface area contributed by atoms with Crippen molar-refractivity contribution in [1.82, 2.24) is 0 Å². The fraction of sp³-hybridized carbons (Fsp3) is 0.385. The second kappa shape index (κ2) is 8.62. The van der Waals surface area contributed by atoms with Crippen molar-refractivity contribution < 1.29 is 26.4 Å². The van der Waals surface area contributed by atoms with Gasteiger partial charge in [-0.2, -0.15) is 0 Å². The highest BCUT2D eigenvalue weighted by molar-refractivity contribution is 8.14. The molecule has 0 amide bonds. The summed E-state index contributed by atoms with van der Waals surface area (Å²) in [6.45, 7) is 0. The first-order valence-corrected chi connectivity index (χ1v) is 11.2. The van der Waals surface area contributed by atoms with Crippen molar-refractivity contribution in [3.63, 3.8) is 0 Å². The van der Waals surface area contributed by atoms with Crippen LogP contribution in [0.1, 0.15) is 32.1 Å². The van der Waals surface area contributed by atoms with Gasteiger partial charge < -0.3 is 0 Å². The molecule has 6 nitrogen and oxygen atoms in total. The normalized spacial score (nSPS) is 12.1. The second-order valence-electron chi connectivity index (χ2n) is 4.80. The van der Waals surface area contributed by atoms with Gasteiger partial charge in [0, 0.05) is 23.5 Å². The van der Waals surface area contributed by atoms with Crippen molar-refractivity contribution in [2.75, 3.05) is 0 Å². The molecule has 0 fully saturated rings. The maximum Gasteiger partial charge on any atom is 0.262 e. The van der Waals surface area contributed by atoms with Gasteiger partial charge in [-0.3, -0.25) is 9.59 Å². The van der Waals surface area contributed by atoms with Crippen molar-refractivity contribution in [2.24, 2.45) is 0 Å². The number of hydrogen-bond acceptors (Lipinski definition) is 6. The van der Waals surface area contributed by atoms with Crippen LogP contribution in [0.15, 0.2) is 28.0 Å². The Bertz CT molecular complexity index is 846. The molecule has 0 saturated carbocycles. The number of sulfone groups is 1. The number of carbonyl (C=O) groups is 2. The summed E-state index contributed by atoms with van der Waals surface area (Å²) >= 11 is 11.0. The van der Waals surface area contributed by atoms with E-state index in [1.54, 1.807) is 0 Å². The van der Waals surface area contributed by atoms with Gasteiger partial charge in [0.1, 0.15) is 4.90 Å². The van der Waals surface area contributed by atoms with E-state index in [4.69, 9.17) is 33.9 Å². The summed E-state index contributed by atoms with van der Waals surface area (Å²) in [6, 6.07) is 3.21. The summed E-state index contributed by atoms with van der Waals surface area (Å²) in [6.07, 6.45) is 0.990. The van der Waals surface area contributed by atoms with Gasteiger partial charge in [-0.25, -0.2) is 16.8 Å². The van der Waals surface area contributed by atoms with Crippen LogP contribution < -0.4 is 0 Å². The standard InChI is InChI=1S/C13H13Cl3O6S2/c14-11(17)7-2-1-3-8-12(18)23(19,20)9-5-4-6-10(13(9)15)24(16,21)22/h4-6H,1-3,7-8H2. The summed E-state index contributed by atoms with van der Waals surface area (Å²) < 4.78 is 47.2. The molecule has 0 saturated heterocycles. The minimum absolute atomic E-state index is 0.143. The van der Waals surface area contributed by atoms with Crippen LogP contribution in [0, 0.1) is 0 Å². The third-order valence-corrected chi connectivity index (χ3v) is 6.94. The monoisotopic (exact) mass is 434 g/mol. The fourth-order valence-electron chi connectivity index (χ4n) is 1.85. The van der Waals surface area contributed by atoms with Crippen LogP contribution in [0.4, 0.5) is 0 Å². The van der Waals surface area contributed by atoms with E-state index in [0.717, 1.165) is 18.2 Å². The summed E-state index contributed by atoms with van der Waals surface area (Å²) in [5.74, 6) is 0. The Morgan fingerprint density at radius 3 is 2.00 bits per heavy atom. The first-order chi connectivity index (χ1) is 11.0. The molecule has 134 valence electrons. The van der Waals surface area contributed by atoms with Crippen LogP contribution in [-0.2, 0) is 28.5 Å². The number of benzene rings is 1. The molecule has 0 aliphatic rings. The summed E-state index contributed by atoms with van der Waals surface area (Å²) in [5.41, 5.74) is 0. The second-order valence-corrected chi connectivity index (χ2v) is 10.0. The van der Waals surface area contributed by atoms with E-state index < -0.39 is 44.1 Å². The van der Waals surface area contributed by atoms with Crippen molar-refractivity contribution >= 4 is 63.1 Å². The van der Waals surface area contributed by atoms with Crippen LogP contribution in [-0.4, -0.2) is 27.2 Å². The van der Waals surface area contributed by atoms with Crippen molar-refractivity contribution in [1.29, 1.82) is 0 Å². The zero-order chi connectivity index (χ0) is 18.5. The summed E-state index contributed by atoms with van der Waals surface area (Å²) in [7, 11) is -3.52. The van der Waals surface area contributed by atoms with Gasteiger partial charge in [0.25, 0.3) is 14.2 Å². The number of hydrogen-bond donors (Lipinski definition) is 0.